The van der Waals surface area contributed by atoms with Crippen LogP contribution in [0.25, 0.3) is 11.0 Å². The van der Waals surface area contributed by atoms with Gasteiger partial charge in [-0.2, -0.15) is 0 Å². The molecule has 1 aliphatic rings. The third-order valence-electron chi connectivity index (χ3n) is 4.50. The molecule has 1 N–H and O–H groups in total. The highest BCUT2D eigenvalue weighted by atomic mass is 32.2. The van der Waals surface area contributed by atoms with Crippen LogP contribution in [0.4, 0.5) is 0 Å². The second-order valence-electron chi connectivity index (χ2n) is 6.40. The van der Waals surface area contributed by atoms with E-state index in [2.05, 4.69) is 10.3 Å². The topological polar surface area (TPSA) is 95.2 Å². The second kappa shape index (κ2) is 7.63. The van der Waals surface area contributed by atoms with E-state index in [1.165, 1.54) is 23.4 Å². The van der Waals surface area contributed by atoms with Crippen molar-refractivity contribution in [3.63, 3.8) is 0 Å². The zero-order chi connectivity index (χ0) is 18.8. The summed E-state index contributed by atoms with van der Waals surface area (Å²) in [6, 6.07) is 0. The summed E-state index contributed by atoms with van der Waals surface area (Å²) in [7, 11) is 3.02. The molecule has 3 rings (SSSR count). The predicted molar refractivity (Wildman–Crippen MR) is 99.7 cm³/mol. The molecule has 1 atom stereocenters. The third kappa shape index (κ3) is 3.54. The summed E-state index contributed by atoms with van der Waals surface area (Å²) in [4.78, 5) is 41.7. The third-order valence-corrected chi connectivity index (χ3v) is 5.72. The molecule has 0 spiro atoms. The lowest BCUT2D eigenvalue weighted by Crippen LogP contribution is -2.37. The normalized spacial score (nSPS) is 17.0. The van der Waals surface area contributed by atoms with Gasteiger partial charge < -0.3 is 10.1 Å². The molecule has 3 heterocycles. The first-order chi connectivity index (χ1) is 12.4. The van der Waals surface area contributed by atoms with Crippen LogP contribution >= 0.6 is 11.8 Å². The molecule has 26 heavy (non-hydrogen) atoms. The summed E-state index contributed by atoms with van der Waals surface area (Å²) in [5.41, 5.74) is 0.293. The van der Waals surface area contributed by atoms with Crippen LogP contribution in [0.3, 0.4) is 0 Å². The number of hydrogen-bond acceptors (Lipinski definition) is 6. The standard InChI is InChI=1S/C17H22N4O4S/c1-10-7-19-15-13(16(23)21(3)17(24)20(15)2)14(10)26-9-12(22)18-8-11-5-4-6-25-11/h7,11H,4-6,8-9H2,1-3H3,(H,18,22)/t11-/m0/s1. The molecule has 1 aliphatic heterocycles. The van der Waals surface area contributed by atoms with Gasteiger partial charge in [0.25, 0.3) is 5.56 Å². The SMILES string of the molecule is Cc1cnc2c(c1SCC(=O)NC[C@@H]1CCCO1)c(=O)n(C)c(=O)n2C. The minimum Gasteiger partial charge on any atom is -0.376 e. The highest BCUT2D eigenvalue weighted by Gasteiger charge is 2.18. The number of fused-ring (bicyclic) bond motifs is 1. The lowest BCUT2D eigenvalue weighted by molar-refractivity contribution is -0.119. The van der Waals surface area contributed by atoms with Crippen molar-refractivity contribution < 1.29 is 9.53 Å². The zero-order valence-corrected chi connectivity index (χ0v) is 15.9. The number of nitrogens with zero attached hydrogens (tertiary/aromatic N) is 3. The largest absolute Gasteiger partial charge is 0.376 e. The fourth-order valence-corrected chi connectivity index (χ4v) is 3.99. The van der Waals surface area contributed by atoms with Crippen LogP contribution in [0, 0.1) is 6.92 Å². The van der Waals surface area contributed by atoms with Crippen LogP contribution in [-0.2, 0) is 23.6 Å². The summed E-state index contributed by atoms with van der Waals surface area (Å²) >= 11 is 1.28. The first-order valence-corrected chi connectivity index (χ1v) is 9.45. The first-order valence-electron chi connectivity index (χ1n) is 8.46. The van der Waals surface area contributed by atoms with Crippen molar-refractivity contribution in [2.75, 3.05) is 18.9 Å². The van der Waals surface area contributed by atoms with E-state index in [9.17, 15) is 14.4 Å². The average Bonchev–Trinajstić information content (AvgIpc) is 3.15. The van der Waals surface area contributed by atoms with Crippen molar-refractivity contribution >= 4 is 28.7 Å². The minimum absolute atomic E-state index is 0.0919. The van der Waals surface area contributed by atoms with E-state index in [1.54, 1.807) is 13.2 Å². The van der Waals surface area contributed by atoms with E-state index in [0.29, 0.717) is 22.5 Å². The van der Waals surface area contributed by atoms with Crippen LogP contribution in [-0.4, -0.2) is 45.0 Å². The second-order valence-corrected chi connectivity index (χ2v) is 7.39. The molecule has 0 saturated carbocycles. The minimum atomic E-state index is -0.427. The number of nitrogens with one attached hydrogen (secondary N) is 1. The van der Waals surface area contributed by atoms with Crippen molar-refractivity contribution in [2.24, 2.45) is 14.1 Å². The Morgan fingerprint density at radius 3 is 2.85 bits per heavy atom. The quantitative estimate of drug-likeness (QED) is 0.754. The average molecular weight is 378 g/mol. The van der Waals surface area contributed by atoms with Crippen molar-refractivity contribution in [1.82, 2.24) is 19.4 Å². The lowest BCUT2D eigenvalue weighted by Gasteiger charge is -2.13. The smallest absolute Gasteiger partial charge is 0.332 e. The Morgan fingerprint density at radius 2 is 2.15 bits per heavy atom. The van der Waals surface area contributed by atoms with Gasteiger partial charge in [0.05, 0.1) is 17.2 Å². The van der Waals surface area contributed by atoms with Gasteiger partial charge in [-0.1, -0.05) is 0 Å². The summed E-state index contributed by atoms with van der Waals surface area (Å²) in [6.45, 7) is 3.09. The molecule has 0 aliphatic carbocycles. The maximum absolute atomic E-state index is 12.6. The van der Waals surface area contributed by atoms with E-state index < -0.39 is 11.2 Å². The molecule has 0 aromatic carbocycles. The van der Waals surface area contributed by atoms with Gasteiger partial charge in [0.1, 0.15) is 5.65 Å². The van der Waals surface area contributed by atoms with Gasteiger partial charge in [-0.15, -0.1) is 11.8 Å². The fraction of sp³-hybridized carbons (Fsp3) is 0.529. The van der Waals surface area contributed by atoms with Crippen molar-refractivity contribution in [3.8, 4) is 0 Å². The predicted octanol–water partition coefficient (Wildman–Crippen LogP) is 0.328. The van der Waals surface area contributed by atoms with E-state index >= 15 is 0 Å². The molecule has 2 aromatic heterocycles. The van der Waals surface area contributed by atoms with Crippen LogP contribution in [0.1, 0.15) is 18.4 Å². The number of carbonyl (C=O) groups excluding carboxylic acids is 1. The van der Waals surface area contributed by atoms with Gasteiger partial charge >= 0.3 is 5.69 Å². The Kier molecular flexibility index (Phi) is 5.47. The van der Waals surface area contributed by atoms with Crippen LogP contribution in [0.2, 0.25) is 0 Å². The number of amides is 1. The molecule has 1 amide bonds. The molecular formula is C17H22N4O4S. The molecule has 9 heteroatoms. The number of ether oxygens (including phenoxy) is 1. The number of aromatic nitrogens is 3. The van der Waals surface area contributed by atoms with Gasteiger partial charge in [0.15, 0.2) is 0 Å². The summed E-state index contributed by atoms with van der Waals surface area (Å²) in [6.07, 6.45) is 3.70. The fourth-order valence-electron chi connectivity index (χ4n) is 3.00. The van der Waals surface area contributed by atoms with Crippen molar-refractivity contribution in [3.05, 3.63) is 32.6 Å². The van der Waals surface area contributed by atoms with Gasteiger partial charge in [-0.25, -0.2) is 9.78 Å². The van der Waals surface area contributed by atoms with Gasteiger partial charge in [0, 0.05) is 38.3 Å². The Hall–Kier alpha value is -2.13. The number of carbonyl (C=O) groups is 1. The molecule has 1 saturated heterocycles. The number of hydrogen-bond donors (Lipinski definition) is 1. The van der Waals surface area contributed by atoms with Crippen LogP contribution in [0.5, 0.6) is 0 Å². The number of pyridine rings is 1. The highest BCUT2D eigenvalue weighted by Crippen LogP contribution is 2.27. The van der Waals surface area contributed by atoms with Crippen molar-refractivity contribution in [1.29, 1.82) is 0 Å². The Bertz CT molecular complexity index is 960. The zero-order valence-electron chi connectivity index (χ0n) is 15.1. The number of aryl methyl sites for hydroxylation is 2. The van der Waals surface area contributed by atoms with E-state index in [0.717, 1.165) is 29.6 Å². The molecule has 8 nitrogen and oxygen atoms in total. The summed E-state index contributed by atoms with van der Waals surface area (Å²) in [5.74, 6) is 0.0649. The Balaban J connectivity index is 1.83. The Labute approximate surface area is 154 Å². The number of rotatable bonds is 5. The molecule has 2 aromatic rings. The molecule has 0 radical (unpaired) electrons. The van der Waals surface area contributed by atoms with E-state index in [-0.39, 0.29) is 17.8 Å². The van der Waals surface area contributed by atoms with Crippen LogP contribution in [0.15, 0.2) is 20.7 Å². The van der Waals surface area contributed by atoms with Crippen LogP contribution < -0.4 is 16.6 Å². The summed E-state index contributed by atoms with van der Waals surface area (Å²) < 4.78 is 7.90. The molecule has 0 bridgehead atoms. The van der Waals surface area contributed by atoms with Gasteiger partial charge in [0.2, 0.25) is 5.91 Å². The monoisotopic (exact) mass is 378 g/mol. The lowest BCUT2D eigenvalue weighted by atomic mass is 10.2. The summed E-state index contributed by atoms with van der Waals surface area (Å²) in [5, 5.41) is 3.24. The molecule has 140 valence electrons. The molecular weight excluding hydrogens is 356 g/mol. The first kappa shape index (κ1) is 18.7. The molecule has 0 unspecified atom stereocenters. The van der Waals surface area contributed by atoms with E-state index in [1.807, 2.05) is 6.92 Å². The van der Waals surface area contributed by atoms with Crippen molar-refractivity contribution in [2.45, 2.75) is 30.8 Å². The maximum Gasteiger partial charge on any atom is 0.332 e. The maximum atomic E-state index is 12.6. The van der Waals surface area contributed by atoms with Gasteiger partial charge in [-0.05, 0) is 25.3 Å². The number of thioether (sulfide) groups is 1. The Morgan fingerprint density at radius 1 is 1.38 bits per heavy atom. The molecule has 1 fully saturated rings. The van der Waals surface area contributed by atoms with Gasteiger partial charge in [-0.3, -0.25) is 18.7 Å². The highest BCUT2D eigenvalue weighted by molar-refractivity contribution is 8.00. The van der Waals surface area contributed by atoms with E-state index in [4.69, 9.17) is 4.74 Å².